The van der Waals surface area contributed by atoms with Crippen molar-refractivity contribution in [3.8, 4) is 11.1 Å². The fourth-order valence-electron chi connectivity index (χ4n) is 8.13. The topological polar surface area (TPSA) is 6.48 Å². The Morgan fingerprint density at radius 3 is 0.855 bits per heavy atom. The van der Waals surface area contributed by atoms with Crippen LogP contribution in [0.3, 0.4) is 0 Å². The standard InChI is InChI=1S/C60H44N2/c1-3-15-55(16-4-1)61(57-35-25-45(26-36-57)19-21-47-23-29-49-11-7-9-13-53(49)43-47)59-39-31-51(32-40-59)52-33-41-60(42-34-52)62(56-17-5-2-6-18-56)58-37-27-46(28-38-58)20-22-48-24-30-50-12-8-10-14-54(50)44-48/h1-44H/b21-19-,22-20+. The Balaban J connectivity index is 0.875. The number of fused-ring (bicyclic) bond motifs is 2. The van der Waals surface area contributed by atoms with Crippen molar-refractivity contribution in [3.05, 3.63) is 265 Å². The van der Waals surface area contributed by atoms with E-state index in [9.17, 15) is 0 Å². The number of hydrogen-bond donors (Lipinski definition) is 0. The van der Waals surface area contributed by atoms with Gasteiger partial charge in [0.25, 0.3) is 0 Å². The summed E-state index contributed by atoms with van der Waals surface area (Å²) in [7, 11) is 0. The Kier molecular flexibility index (Phi) is 10.8. The molecule has 0 aliphatic heterocycles. The summed E-state index contributed by atoms with van der Waals surface area (Å²) in [6.07, 6.45) is 8.74. The molecule has 0 aromatic heterocycles. The van der Waals surface area contributed by atoms with Crippen molar-refractivity contribution in [3.63, 3.8) is 0 Å². The Morgan fingerprint density at radius 1 is 0.210 bits per heavy atom. The van der Waals surface area contributed by atoms with Crippen molar-refractivity contribution < 1.29 is 0 Å². The zero-order valence-corrected chi connectivity index (χ0v) is 34.3. The third-order valence-corrected chi connectivity index (χ3v) is 11.4. The first kappa shape index (κ1) is 38.0. The molecule has 10 rings (SSSR count). The van der Waals surface area contributed by atoms with Crippen LogP contribution in [0.4, 0.5) is 34.1 Å². The summed E-state index contributed by atoms with van der Waals surface area (Å²) in [6, 6.07) is 86.7. The van der Waals surface area contributed by atoms with E-state index in [1.807, 2.05) is 0 Å². The highest BCUT2D eigenvalue weighted by Crippen LogP contribution is 2.38. The number of para-hydroxylation sites is 2. The van der Waals surface area contributed by atoms with Crippen molar-refractivity contribution >= 4 is 80.0 Å². The van der Waals surface area contributed by atoms with E-state index in [2.05, 4.69) is 277 Å². The van der Waals surface area contributed by atoms with Crippen LogP contribution in [-0.2, 0) is 0 Å². The van der Waals surface area contributed by atoms with Crippen LogP contribution in [-0.4, -0.2) is 0 Å². The van der Waals surface area contributed by atoms with Crippen LogP contribution in [0.25, 0.3) is 57.0 Å². The molecule has 2 heteroatoms. The van der Waals surface area contributed by atoms with Crippen molar-refractivity contribution in [1.82, 2.24) is 0 Å². The normalized spacial score (nSPS) is 11.4. The van der Waals surface area contributed by atoms with Crippen molar-refractivity contribution in [1.29, 1.82) is 0 Å². The van der Waals surface area contributed by atoms with Gasteiger partial charge in [0.05, 0.1) is 0 Å². The Bertz CT molecular complexity index is 2910. The average molecular weight is 793 g/mol. The highest BCUT2D eigenvalue weighted by Gasteiger charge is 2.15. The zero-order chi connectivity index (χ0) is 41.5. The van der Waals surface area contributed by atoms with Gasteiger partial charge >= 0.3 is 0 Å². The van der Waals surface area contributed by atoms with E-state index in [1.165, 1.54) is 32.7 Å². The number of benzene rings is 10. The molecule has 0 radical (unpaired) electrons. The average Bonchev–Trinajstić information content (AvgIpc) is 3.35. The van der Waals surface area contributed by atoms with E-state index >= 15 is 0 Å². The quantitative estimate of drug-likeness (QED) is 0.120. The van der Waals surface area contributed by atoms with Crippen LogP contribution >= 0.6 is 0 Å². The Morgan fingerprint density at radius 2 is 0.484 bits per heavy atom. The predicted octanol–water partition coefficient (Wildman–Crippen LogP) is 16.9. The lowest BCUT2D eigenvalue weighted by atomic mass is 10.0. The van der Waals surface area contributed by atoms with Gasteiger partial charge in [0, 0.05) is 34.1 Å². The molecule has 10 aromatic rings. The van der Waals surface area contributed by atoms with E-state index in [1.54, 1.807) is 0 Å². The molecule has 2 nitrogen and oxygen atoms in total. The summed E-state index contributed by atoms with van der Waals surface area (Å²) in [5.74, 6) is 0. The second-order valence-electron chi connectivity index (χ2n) is 15.5. The van der Waals surface area contributed by atoms with Crippen LogP contribution in [0.5, 0.6) is 0 Å². The molecule has 0 heterocycles. The lowest BCUT2D eigenvalue weighted by molar-refractivity contribution is 1.28. The first-order chi connectivity index (χ1) is 30.7. The summed E-state index contributed by atoms with van der Waals surface area (Å²) in [5.41, 5.74) is 13.6. The Hall–Kier alpha value is -8.20. The van der Waals surface area contributed by atoms with Crippen molar-refractivity contribution in [2.45, 2.75) is 0 Å². The monoisotopic (exact) mass is 792 g/mol. The molecular formula is C60H44N2. The highest BCUT2D eigenvalue weighted by atomic mass is 15.1. The molecule has 62 heavy (non-hydrogen) atoms. The molecule has 0 bridgehead atoms. The number of anilines is 6. The van der Waals surface area contributed by atoms with E-state index in [0.29, 0.717) is 0 Å². The van der Waals surface area contributed by atoms with Crippen LogP contribution < -0.4 is 9.80 Å². The largest absolute Gasteiger partial charge is 0.311 e. The van der Waals surface area contributed by atoms with E-state index in [0.717, 1.165) is 56.4 Å². The summed E-state index contributed by atoms with van der Waals surface area (Å²) in [5, 5.41) is 5.01. The lowest BCUT2D eigenvalue weighted by Crippen LogP contribution is -2.10. The molecule has 0 fully saturated rings. The minimum absolute atomic E-state index is 1.10. The van der Waals surface area contributed by atoms with Gasteiger partial charge in [0.15, 0.2) is 0 Å². The first-order valence-electron chi connectivity index (χ1n) is 21.2. The fraction of sp³-hybridized carbons (Fsp3) is 0. The van der Waals surface area contributed by atoms with E-state index < -0.39 is 0 Å². The fourth-order valence-corrected chi connectivity index (χ4v) is 8.13. The van der Waals surface area contributed by atoms with Gasteiger partial charge in [0.1, 0.15) is 0 Å². The van der Waals surface area contributed by atoms with Gasteiger partial charge in [-0.05, 0) is 140 Å². The third kappa shape index (κ3) is 8.45. The summed E-state index contributed by atoms with van der Waals surface area (Å²) < 4.78 is 0. The zero-order valence-electron chi connectivity index (χ0n) is 34.3. The van der Waals surface area contributed by atoms with Gasteiger partial charge in [-0.15, -0.1) is 0 Å². The SMILES string of the molecule is C(=C/c1ccc2ccccc2c1)/c1ccc(N(c2ccccc2)c2ccc(-c3ccc(N(c4ccccc4)c4ccc(/C=C/c5ccc6ccccc6c5)cc4)cc3)cc2)cc1. The van der Waals surface area contributed by atoms with Crippen LogP contribution in [0, 0.1) is 0 Å². The summed E-state index contributed by atoms with van der Waals surface area (Å²) in [6.45, 7) is 0. The molecule has 0 aliphatic rings. The molecule has 0 atom stereocenters. The summed E-state index contributed by atoms with van der Waals surface area (Å²) >= 11 is 0. The van der Waals surface area contributed by atoms with Gasteiger partial charge < -0.3 is 9.80 Å². The smallest absolute Gasteiger partial charge is 0.0462 e. The molecule has 0 saturated carbocycles. The second kappa shape index (κ2) is 17.6. The molecule has 0 N–H and O–H groups in total. The molecule has 294 valence electrons. The lowest BCUT2D eigenvalue weighted by Gasteiger charge is -2.26. The molecule has 0 saturated heterocycles. The maximum absolute atomic E-state index is 2.31. The van der Waals surface area contributed by atoms with Crippen LogP contribution in [0.15, 0.2) is 243 Å². The summed E-state index contributed by atoms with van der Waals surface area (Å²) in [4.78, 5) is 4.62. The Labute approximate surface area is 364 Å². The maximum atomic E-state index is 2.31. The predicted molar refractivity (Wildman–Crippen MR) is 267 cm³/mol. The van der Waals surface area contributed by atoms with Gasteiger partial charge in [0.2, 0.25) is 0 Å². The van der Waals surface area contributed by atoms with Crippen LogP contribution in [0.1, 0.15) is 22.3 Å². The van der Waals surface area contributed by atoms with Crippen LogP contribution in [0.2, 0.25) is 0 Å². The highest BCUT2D eigenvalue weighted by molar-refractivity contribution is 5.88. The molecule has 10 aromatic carbocycles. The van der Waals surface area contributed by atoms with Gasteiger partial charge in [-0.3, -0.25) is 0 Å². The number of hydrogen-bond acceptors (Lipinski definition) is 2. The molecule has 0 spiro atoms. The van der Waals surface area contributed by atoms with Gasteiger partial charge in [-0.2, -0.15) is 0 Å². The van der Waals surface area contributed by atoms with E-state index in [-0.39, 0.29) is 0 Å². The maximum Gasteiger partial charge on any atom is 0.0462 e. The molecule has 0 aliphatic carbocycles. The number of nitrogens with zero attached hydrogens (tertiary/aromatic N) is 2. The first-order valence-corrected chi connectivity index (χ1v) is 21.2. The van der Waals surface area contributed by atoms with Gasteiger partial charge in [-0.1, -0.05) is 182 Å². The second-order valence-corrected chi connectivity index (χ2v) is 15.5. The third-order valence-electron chi connectivity index (χ3n) is 11.4. The number of rotatable bonds is 11. The van der Waals surface area contributed by atoms with E-state index in [4.69, 9.17) is 0 Å². The van der Waals surface area contributed by atoms with Gasteiger partial charge in [-0.25, -0.2) is 0 Å². The van der Waals surface area contributed by atoms with Crippen molar-refractivity contribution in [2.75, 3.05) is 9.80 Å². The van der Waals surface area contributed by atoms with Crippen molar-refractivity contribution in [2.24, 2.45) is 0 Å². The minimum Gasteiger partial charge on any atom is -0.311 e. The molecule has 0 amide bonds. The molecule has 0 unspecified atom stereocenters. The molecular weight excluding hydrogens is 749 g/mol. The minimum atomic E-state index is 1.10.